The van der Waals surface area contributed by atoms with E-state index in [-0.39, 0.29) is 11.8 Å². The first-order valence-electron chi connectivity index (χ1n) is 5.93. The van der Waals surface area contributed by atoms with Gasteiger partial charge in [-0.05, 0) is 18.6 Å². The largest absolute Gasteiger partial charge is 0.295 e. The van der Waals surface area contributed by atoms with Crippen LogP contribution in [-0.4, -0.2) is 21.6 Å². The lowest BCUT2D eigenvalue weighted by atomic mass is 9.94. The van der Waals surface area contributed by atoms with E-state index in [1.807, 2.05) is 37.3 Å². The van der Waals surface area contributed by atoms with Crippen molar-refractivity contribution in [1.29, 1.82) is 0 Å². The summed E-state index contributed by atoms with van der Waals surface area (Å²) in [5.41, 5.74) is 2.45. The topological polar surface area (TPSA) is 59.1 Å². The minimum absolute atomic E-state index is 0.275. The fraction of sp³-hybridized carbons (Fsp3) is 0.214. The van der Waals surface area contributed by atoms with Crippen molar-refractivity contribution in [2.24, 2.45) is 0 Å². The van der Waals surface area contributed by atoms with Gasteiger partial charge in [-0.3, -0.25) is 19.9 Å². The summed E-state index contributed by atoms with van der Waals surface area (Å²) in [4.78, 5) is 27.5. The third-order valence-corrected chi connectivity index (χ3v) is 4.24. The van der Waals surface area contributed by atoms with Crippen LogP contribution in [0.1, 0.15) is 17.2 Å². The van der Waals surface area contributed by atoms with Gasteiger partial charge in [-0.15, -0.1) is 0 Å². The molecule has 0 aliphatic carbocycles. The number of hydrogen-bond donors (Lipinski definition) is 1. The van der Waals surface area contributed by atoms with Gasteiger partial charge in [0.05, 0.1) is 11.4 Å². The van der Waals surface area contributed by atoms with Crippen molar-refractivity contribution >= 4 is 38.6 Å². The number of nitrogens with one attached hydrogen (secondary N) is 1. The molecule has 0 bridgehead atoms. The van der Waals surface area contributed by atoms with E-state index in [9.17, 15) is 9.59 Å². The number of carbonyl (C=O) groups excluding carboxylic acids is 2. The van der Waals surface area contributed by atoms with Crippen molar-refractivity contribution in [3.63, 3.8) is 0 Å². The average molecular weight is 319 g/mol. The maximum atomic E-state index is 11.9. The monoisotopic (exact) mass is 318 g/mol. The summed E-state index contributed by atoms with van der Waals surface area (Å²) in [5, 5.41) is 3.31. The Morgan fingerprint density at radius 3 is 2.63 bits per heavy atom. The van der Waals surface area contributed by atoms with E-state index in [1.54, 1.807) is 0 Å². The van der Waals surface area contributed by atoms with Gasteiger partial charge in [-0.2, -0.15) is 0 Å². The first-order chi connectivity index (χ1) is 9.08. The first kappa shape index (κ1) is 12.3. The van der Waals surface area contributed by atoms with E-state index < -0.39 is 10.7 Å². The summed E-state index contributed by atoms with van der Waals surface area (Å²) >= 11 is 3.29. The molecule has 4 nitrogen and oxygen atoms in total. The number of amides is 2. The molecular formula is C14H11BrN2O2. The zero-order chi connectivity index (χ0) is 13.6. The first-order valence-corrected chi connectivity index (χ1v) is 6.84. The predicted octanol–water partition coefficient (Wildman–Crippen LogP) is 2.05. The number of para-hydroxylation sites is 1. The van der Waals surface area contributed by atoms with Gasteiger partial charge < -0.3 is 0 Å². The van der Waals surface area contributed by atoms with Crippen LogP contribution in [0, 0.1) is 6.92 Å². The minimum Gasteiger partial charge on any atom is -0.295 e. The Balaban J connectivity index is 2.23. The lowest BCUT2D eigenvalue weighted by Gasteiger charge is -2.13. The van der Waals surface area contributed by atoms with E-state index in [4.69, 9.17) is 0 Å². The quantitative estimate of drug-likeness (QED) is 0.646. The fourth-order valence-corrected chi connectivity index (χ4v) is 3.01. The molecule has 0 saturated carbocycles. The Labute approximate surface area is 118 Å². The van der Waals surface area contributed by atoms with Crippen LogP contribution in [0.15, 0.2) is 30.3 Å². The number of aromatic nitrogens is 1. The highest BCUT2D eigenvalue weighted by Gasteiger charge is 2.41. The molecule has 2 unspecified atom stereocenters. The van der Waals surface area contributed by atoms with Crippen LogP contribution < -0.4 is 5.32 Å². The smallest absolute Gasteiger partial charge is 0.241 e. The van der Waals surface area contributed by atoms with E-state index >= 15 is 0 Å². The molecule has 0 radical (unpaired) electrons. The number of pyridine rings is 1. The second-order valence-corrected chi connectivity index (χ2v) is 5.59. The number of benzene rings is 1. The molecule has 5 heteroatoms. The highest BCUT2D eigenvalue weighted by atomic mass is 79.9. The van der Waals surface area contributed by atoms with Crippen LogP contribution in [0.2, 0.25) is 0 Å². The Bertz CT molecular complexity index is 699. The van der Waals surface area contributed by atoms with Crippen molar-refractivity contribution < 1.29 is 9.59 Å². The van der Waals surface area contributed by atoms with Gasteiger partial charge in [0.1, 0.15) is 4.83 Å². The molecule has 1 N–H and O–H groups in total. The molecule has 1 saturated heterocycles. The summed E-state index contributed by atoms with van der Waals surface area (Å²) in [6.45, 7) is 1.90. The highest BCUT2D eigenvalue weighted by molar-refractivity contribution is 9.10. The lowest BCUT2D eigenvalue weighted by molar-refractivity contribution is -0.125. The van der Waals surface area contributed by atoms with Crippen LogP contribution >= 0.6 is 15.9 Å². The van der Waals surface area contributed by atoms with E-state index in [1.165, 1.54) is 0 Å². The van der Waals surface area contributed by atoms with Crippen molar-refractivity contribution in [3.8, 4) is 0 Å². The molecule has 3 rings (SSSR count). The maximum Gasteiger partial charge on any atom is 0.241 e. The molecule has 0 spiro atoms. The van der Waals surface area contributed by atoms with E-state index in [0.29, 0.717) is 0 Å². The maximum absolute atomic E-state index is 11.9. The number of aryl methyl sites for hydroxylation is 1. The van der Waals surface area contributed by atoms with Crippen molar-refractivity contribution in [3.05, 3.63) is 41.6 Å². The molecular weight excluding hydrogens is 308 g/mol. The molecule has 2 atom stereocenters. The Kier molecular flexibility index (Phi) is 2.86. The number of carbonyl (C=O) groups is 2. The van der Waals surface area contributed by atoms with Gasteiger partial charge in [-0.25, -0.2) is 0 Å². The zero-order valence-electron chi connectivity index (χ0n) is 10.2. The van der Waals surface area contributed by atoms with Gasteiger partial charge in [0.25, 0.3) is 0 Å². The molecule has 2 amide bonds. The number of rotatable bonds is 1. The van der Waals surface area contributed by atoms with Gasteiger partial charge in [0.15, 0.2) is 0 Å². The van der Waals surface area contributed by atoms with Gasteiger partial charge in [0, 0.05) is 11.1 Å². The second-order valence-electron chi connectivity index (χ2n) is 4.60. The SMILES string of the molecule is Cc1ccc2cccc(C3C(=O)NC(=O)C3Br)c2n1. The summed E-state index contributed by atoms with van der Waals surface area (Å²) in [6.07, 6.45) is 0. The molecule has 1 aliphatic rings. The van der Waals surface area contributed by atoms with Gasteiger partial charge >= 0.3 is 0 Å². The van der Waals surface area contributed by atoms with Crippen molar-refractivity contribution in [2.45, 2.75) is 17.7 Å². The zero-order valence-corrected chi connectivity index (χ0v) is 11.8. The molecule has 96 valence electrons. The second kappa shape index (κ2) is 4.42. The van der Waals surface area contributed by atoms with E-state index in [0.717, 1.165) is 22.2 Å². The van der Waals surface area contributed by atoms with Crippen LogP contribution in [0.25, 0.3) is 10.9 Å². The summed E-state index contributed by atoms with van der Waals surface area (Å²) in [6, 6.07) is 9.58. The lowest BCUT2D eigenvalue weighted by Crippen LogP contribution is -2.22. The van der Waals surface area contributed by atoms with Gasteiger partial charge in [0.2, 0.25) is 11.8 Å². The Morgan fingerprint density at radius 1 is 1.16 bits per heavy atom. The number of nitrogens with zero attached hydrogens (tertiary/aromatic N) is 1. The van der Waals surface area contributed by atoms with Crippen LogP contribution in [0.3, 0.4) is 0 Å². The molecule has 1 aliphatic heterocycles. The number of alkyl halides is 1. The molecule has 2 aromatic rings. The van der Waals surface area contributed by atoms with Crippen molar-refractivity contribution in [2.75, 3.05) is 0 Å². The molecule has 19 heavy (non-hydrogen) atoms. The normalized spacial score (nSPS) is 22.8. The van der Waals surface area contributed by atoms with Gasteiger partial charge in [-0.1, -0.05) is 40.2 Å². The summed E-state index contributed by atoms with van der Waals surface area (Å²) in [7, 11) is 0. The molecule has 1 aromatic heterocycles. The Morgan fingerprint density at radius 2 is 1.95 bits per heavy atom. The van der Waals surface area contributed by atoms with Crippen LogP contribution in [-0.2, 0) is 9.59 Å². The molecule has 2 heterocycles. The average Bonchev–Trinajstić information content (AvgIpc) is 2.63. The number of fused-ring (bicyclic) bond motifs is 1. The Hall–Kier alpha value is -1.75. The standard InChI is InChI=1S/C14H11BrN2O2/c1-7-5-6-8-3-2-4-9(12(8)16-7)10-11(15)14(19)17-13(10)18/h2-6,10-11H,1H3,(H,17,18,19). The van der Waals surface area contributed by atoms with E-state index in [2.05, 4.69) is 26.2 Å². The van der Waals surface area contributed by atoms with Crippen molar-refractivity contribution in [1.82, 2.24) is 10.3 Å². The van der Waals surface area contributed by atoms with Crippen LogP contribution in [0.5, 0.6) is 0 Å². The minimum atomic E-state index is -0.534. The third-order valence-electron chi connectivity index (χ3n) is 3.30. The summed E-state index contributed by atoms with van der Waals surface area (Å²) < 4.78 is 0. The third kappa shape index (κ3) is 1.94. The number of halogens is 1. The summed E-state index contributed by atoms with van der Waals surface area (Å²) in [5.74, 6) is -1.09. The van der Waals surface area contributed by atoms with Crippen LogP contribution in [0.4, 0.5) is 0 Å². The molecule has 1 aromatic carbocycles. The predicted molar refractivity (Wildman–Crippen MR) is 75.1 cm³/mol. The fourth-order valence-electron chi connectivity index (χ4n) is 2.37. The number of hydrogen-bond acceptors (Lipinski definition) is 3. The highest BCUT2D eigenvalue weighted by Crippen LogP contribution is 2.33. The molecule has 1 fully saturated rings. The number of imide groups is 1.